The van der Waals surface area contributed by atoms with Crippen LogP contribution in [0.2, 0.25) is 0 Å². The van der Waals surface area contributed by atoms with Gasteiger partial charge in [-0.1, -0.05) is 12.1 Å². The first kappa shape index (κ1) is 26.3. The highest BCUT2D eigenvalue weighted by Gasteiger charge is 2.19. The van der Waals surface area contributed by atoms with Gasteiger partial charge in [-0.15, -0.1) is 11.3 Å². The molecule has 0 unspecified atom stereocenters. The smallest absolute Gasteiger partial charge is 0.163 e. The summed E-state index contributed by atoms with van der Waals surface area (Å²) in [5.41, 5.74) is 3.50. The third-order valence-electron chi connectivity index (χ3n) is 6.48. The summed E-state index contributed by atoms with van der Waals surface area (Å²) in [4.78, 5) is 19.2. The van der Waals surface area contributed by atoms with Gasteiger partial charge in [0, 0.05) is 54.3 Å². The van der Waals surface area contributed by atoms with Crippen LogP contribution in [0, 0.1) is 0 Å². The van der Waals surface area contributed by atoms with Crippen LogP contribution in [0.5, 0.6) is 11.5 Å². The lowest BCUT2D eigenvalue weighted by atomic mass is 10.1. The van der Waals surface area contributed by atoms with Crippen molar-refractivity contribution in [2.75, 3.05) is 51.8 Å². The molecule has 2 aromatic carbocycles. The van der Waals surface area contributed by atoms with Crippen LogP contribution < -0.4 is 14.8 Å². The van der Waals surface area contributed by atoms with Gasteiger partial charge >= 0.3 is 0 Å². The first-order valence-electron chi connectivity index (χ1n) is 13.0. The molecule has 10 heteroatoms. The van der Waals surface area contributed by atoms with Crippen molar-refractivity contribution in [1.29, 1.82) is 0 Å². The summed E-state index contributed by atoms with van der Waals surface area (Å²) in [5.74, 6) is 2.84. The number of benzene rings is 2. The number of aliphatic hydroxyl groups is 1. The SMILES string of the molecule is CCOc1cc2nc(CN3CCN(C)CC3)nc(Nc3cccc(-c4csc(CO)n4)c3)c2cc1OCC. The van der Waals surface area contributed by atoms with Gasteiger partial charge in [-0.05, 0) is 39.1 Å². The Morgan fingerprint density at radius 2 is 1.74 bits per heavy atom. The van der Waals surface area contributed by atoms with Crippen LogP contribution in [-0.2, 0) is 13.2 Å². The van der Waals surface area contributed by atoms with Gasteiger partial charge in [0.15, 0.2) is 11.5 Å². The fourth-order valence-corrected chi connectivity index (χ4v) is 5.16. The van der Waals surface area contributed by atoms with E-state index in [0.29, 0.717) is 36.3 Å². The largest absolute Gasteiger partial charge is 0.490 e. The van der Waals surface area contributed by atoms with Gasteiger partial charge in [-0.3, -0.25) is 4.90 Å². The van der Waals surface area contributed by atoms with Crippen molar-refractivity contribution >= 4 is 33.7 Å². The Kier molecular flexibility index (Phi) is 8.33. The number of aromatic nitrogens is 3. The number of piperazine rings is 1. The molecule has 1 saturated heterocycles. The van der Waals surface area contributed by atoms with Crippen LogP contribution in [0.4, 0.5) is 11.5 Å². The Morgan fingerprint density at radius 3 is 2.45 bits per heavy atom. The molecule has 9 nitrogen and oxygen atoms in total. The van der Waals surface area contributed by atoms with E-state index in [1.165, 1.54) is 11.3 Å². The molecule has 0 aliphatic carbocycles. The quantitative estimate of drug-likeness (QED) is 0.304. The Morgan fingerprint density at radius 1 is 0.974 bits per heavy atom. The van der Waals surface area contributed by atoms with Crippen LogP contribution >= 0.6 is 11.3 Å². The van der Waals surface area contributed by atoms with E-state index in [4.69, 9.17) is 19.4 Å². The van der Waals surface area contributed by atoms with Crippen LogP contribution in [0.3, 0.4) is 0 Å². The summed E-state index contributed by atoms with van der Waals surface area (Å²) in [6.45, 7) is 9.65. The van der Waals surface area contributed by atoms with Gasteiger partial charge in [0.2, 0.25) is 0 Å². The standard InChI is InChI=1S/C28H34N6O3S/c1-4-36-24-14-21-22(15-25(24)37-5-2)30-26(16-34-11-9-33(3)10-12-34)32-28(21)29-20-8-6-7-19(13-20)23-18-38-27(17-35)31-23/h6-8,13-15,18,35H,4-5,9-12,16-17H2,1-3H3,(H,29,30,32). The minimum absolute atomic E-state index is 0.0580. The fourth-order valence-electron chi connectivity index (χ4n) is 4.50. The number of fused-ring (bicyclic) bond motifs is 1. The number of anilines is 2. The molecule has 0 spiro atoms. The molecule has 0 amide bonds. The number of thiazole rings is 1. The highest BCUT2D eigenvalue weighted by molar-refractivity contribution is 7.09. The Balaban J connectivity index is 1.53. The lowest BCUT2D eigenvalue weighted by molar-refractivity contribution is 0.145. The Bertz CT molecular complexity index is 1390. The lowest BCUT2D eigenvalue weighted by Gasteiger charge is -2.31. The molecule has 0 saturated carbocycles. The van der Waals surface area contributed by atoms with E-state index in [9.17, 15) is 5.11 Å². The average molecular weight is 535 g/mol. The highest BCUT2D eigenvalue weighted by Crippen LogP contribution is 2.36. The van der Waals surface area contributed by atoms with E-state index in [-0.39, 0.29) is 6.61 Å². The Hall–Kier alpha value is -3.31. The number of nitrogens with zero attached hydrogens (tertiary/aromatic N) is 5. The minimum atomic E-state index is -0.0580. The summed E-state index contributed by atoms with van der Waals surface area (Å²) < 4.78 is 11.8. The minimum Gasteiger partial charge on any atom is -0.490 e. The fraction of sp³-hybridized carbons (Fsp3) is 0.393. The highest BCUT2D eigenvalue weighted by atomic mass is 32.1. The lowest BCUT2D eigenvalue weighted by Crippen LogP contribution is -2.44. The summed E-state index contributed by atoms with van der Waals surface area (Å²) >= 11 is 1.45. The molecule has 4 aromatic rings. The molecule has 1 aliphatic heterocycles. The van der Waals surface area contributed by atoms with Gasteiger partial charge in [0.1, 0.15) is 16.6 Å². The summed E-state index contributed by atoms with van der Waals surface area (Å²) in [5, 5.41) is 16.5. The second kappa shape index (κ2) is 12.0. The summed E-state index contributed by atoms with van der Waals surface area (Å²) in [6.07, 6.45) is 0. The van der Waals surface area contributed by atoms with Gasteiger partial charge < -0.3 is 24.8 Å². The van der Waals surface area contributed by atoms with E-state index in [0.717, 1.165) is 65.7 Å². The topological polar surface area (TPSA) is 95.9 Å². The van der Waals surface area contributed by atoms with Gasteiger partial charge in [0.25, 0.3) is 0 Å². The Labute approximate surface area is 227 Å². The summed E-state index contributed by atoms with van der Waals surface area (Å²) in [7, 11) is 2.15. The first-order valence-corrected chi connectivity index (χ1v) is 13.9. The molecule has 0 bridgehead atoms. The van der Waals surface area contributed by atoms with Gasteiger partial charge in [-0.25, -0.2) is 15.0 Å². The van der Waals surface area contributed by atoms with Crippen molar-refractivity contribution in [3.05, 3.63) is 52.6 Å². The molecule has 5 rings (SSSR count). The predicted octanol–water partition coefficient (Wildman–Crippen LogP) is 4.53. The number of ether oxygens (including phenoxy) is 2. The van der Waals surface area contributed by atoms with E-state index in [2.05, 4.69) is 27.1 Å². The second-order valence-corrected chi connectivity index (χ2v) is 10.2. The maximum Gasteiger partial charge on any atom is 0.163 e. The van der Waals surface area contributed by atoms with E-state index in [1.807, 2.05) is 55.6 Å². The molecular weight excluding hydrogens is 500 g/mol. The predicted molar refractivity (Wildman–Crippen MR) is 151 cm³/mol. The van der Waals surface area contributed by atoms with Gasteiger partial charge in [-0.2, -0.15) is 0 Å². The molecule has 2 N–H and O–H groups in total. The molecule has 3 heterocycles. The van der Waals surface area contributed by atoms with Crippen molar-refractivity contribution in [2.45, 2.75) is 27.0 Å². The maximum atomic E-state index is 9.41. The van der Waals surface area contributed by atoms with E-state index >= 15 is 0 Å². The molecule has 200 valence electrons. The van der Waals surface area contributed by atoms with Crippen molar-refractivity contribution < 1.29 is 14.6 Å². The maximum absolute atomic E-state index is 9.41. The van der Waals surface area contributed by atoms with Gasteiger partial charge in [0.05, 0.1) is 37.6 Å². The third kappa shape index (κ3) is 6.05. The molecule has 0 radical (unpaired) electrons. The number of likely N-dealkylation sites (N-methyl/N-ethyl adjacent to an activating group) is 1. The third-order valence-corrected chi connectivity index (χ3v) is 7.31. The number of hydrogen-bond donors (Lipinski definition) is 2. The number of aliphatic hydroxyl groups excluding tert-OH is 1. The zero-order chi connectivity index (χ0) is 26.5. The van der Waals surface area contributed by atoms with E-state index in [1.54, 1.807) is 0 Å². The summed E-state index contributed by atoms with van der Waals surface area (Å²) in [6, 6.07) is 12.0. The zero-order valence-corrected chi connectivity index (χ0v) is 22.9. The van der Waals surface area contributed by atoms with Crippen LogP contribution in [0.15, 0.2) is 41.8 Å². The molecule has 1 fully saturated rings. The molecule has 2 aromatic heterocycles. The number of nitrogens with one attached hydrogen (secondary N) is 1. The second-order valence-electron chi connectivity index (χ2n) is 9.24. The van der Waals surface area contributed by atoms with Crippen molar-refractivity contribution in [3.63, 3.8) is 0 Å². The zero-order valence-electron chi connectivity index (χ0n) is 22.1. The normalized spacial score (nSPS) is 14.6. The van der Waals surface area contributed by atoms with Crippen LogP contribution in [0.25, 0.3) is 22.2 Å². The molecule has 1 aliphatic rings. The van der Waals surface area contributed by atoms with Crippen molar-refractivity contribution in [3.8, 4) is 22.8 Å². The van der Waals surface area contributed by atoms with Crippen LogP contribution in [-0.4, -0.2) is 76.3 Å². The number of rotatable bonds is 10. The van der Waals surface area contributed by atoms with Crippen LogP contribution in [0.1, 0.15) is 24.7 Å². The monoisotopic (exact) mass is 534 g/mol. The van der Waals surface area contributed by atoms with Crippen molar-refractivity contribution in [1.82, 2.24) is 24.8 Å². The van der Waals surface area contributed by atoms with Crippen molar-refractivity contribution in [2.24, 2.45) is 0 Å². The average Bonchev–Trinajstić information content (AvgIpc) is 3.41. The first-order chi connectivity index (χ1) is 18.6. The molecular formula is C28H34N6O3S. The van der Waals surface area contributed by atoms with E-state index < -0.39 is 0 Å². The molecule has 38 heavy (non-hydrogen) atoms. The number of hydrogen-bond acceptors (Lipinski definition) is 10. The molecule has 0 atom stereocenters.